The maximum absolute atomic E-state index is 13.3. The second-order valence-electron chi connectivity index (χ2n) is 14.5. The molecule has 8 rings (SSSR count). The maximum Gasteiger partial charge on any atom is 0.262 e. The zero-order chi connectivity index (χ0) is 37.2. The van der Waals surface area contributed by atoms with Crippen LogP contribution in [0.5, 0.6) is 17.2 Å². The number of rotatable bonds is 11. The average Bonchev–Trinajstić information content (AvgIpc) is 3.44. The lowest BCUT2D eigenvalue weighted by Crippen LogP contribution is -2.54. The SMILES string of the molecule is O=C1CCC(N2C(=O)c3ccc(N4CCN(CCCCCOc5ccc([C@@H]6c7ccc(O)cc7OCC6c6ccccc6)cc5)CC4)cc3C2=O)C(=O)N1. The fourth-order valence-electron chi connectivity index (χ4n) is 8.26. The molecule has 3 atom stereocenters. The van der Waals surface area contributed by atoms with E-state index in [2.05, 4.69) is 63.6 Å². The molecule has 0 bridgehead atoms. The molecule has 2 unspecified atom stereocenters. The van der Waals surface area contributed by atoms with E-state index >= 15 is 0 Å². The number of piperidine rings is 1. The average molecular weight is 729 g/mol. The van der Waals surface area contributed by atoms with Gasteiger partial charge in [-0.25, -0.2) is 0 Å². The van der Waals surface area contributed by atoms with Gasteiger partial charge in [-0.1, -0.05) is 48.5 Å². The molecule has 4 aliphatic rings. The lowest BCUT2D eigenvalue weighted by atomic mass is 9.76. The molecule has 4 aromatic rings. The lowest BCUT2D eigenvalue weighted by Gasteiger charge is -2.36. The minimum absolute atomic E-state index is 0.0915. The van der Waals surface area contributed by atoms with E-state index in [1.165, 1.54) is 11.1 Å². The van der Waals surface area contributed by atoms with Gasteiger partial charge in [0.1, 0.15) is 23.3 Å². The molecule has 2 saturated heterocycles. The van der Waals surface area contributed by atoms with Gasteiger partial charge in [0.2, 0.25) is 11.8 Å². The van der Waals surface area contributed by atoms with Gasteiger partial charge in [-0.2, -0.15) is 0 Å². The highest BCUT2D eigenvalue weighted by atomic mass is 16.5. The van der Waals surface area contributed by atoms with Crippen molar-refractivity contribution in [1.29, 1.82) is 0 Å². The summed E-state index contributed by atoms with van der Waals surface area (Å²) in [6.45, 7) is 5.62. The van der Waals surface area contributed by atoms with Crippen LogP contribution in [0.15, 0.2) is 91.0 Å². The Morgan fingerprint density at radius 1 is 0.778 bits per heavy atom. The molecule has 0 aromatic heterocycles. The molecule has 0 aliphatic carbocycles. The molecule has 0 spiro atoms. The number of phenols is 1. The van der Waals surface area contributed by atoms with Gasteiger partial charge in [-0.05, 0) is 79.8 Å². The lowest BCUT2D eigenvalue weighted by molar-refractivity contribution is -0.136. The number of phenolic OH excluding ortho intramolecular Hbond substituents is 1. The first kappa shape index (κ1) is 35.4. The predicted octanol–water partition coefficient (Wildman–Crippen LogP) is 5.47. The van der Waals surface area contributed by atoms with Crippen molar-refractivity contribution in [2.24, 2.45) is 0 Å². The smallest absolute Gasteiger partial charge is 0.262 e. The molecular formula is C43H44N4O7. The highest BCUT2D eigenvalue weighted by Gasteiger charge is 2.45. The molecule has 0 radical (unpaired) electrons. The van der Waals surface area contributed by atoms with Crippen LogP contribution in [0.3, 0.4) is 0 Å². The number of hydrogen-bond donors (Lipinski definition) is 2. The summed E-state index contributed by atoms with van der Waals surface area (Å²) in [6.07, 6.45) is 3.34. The summed E-state index contributed by atoms with van der Waals surface area (Å²) in [7, 11) is 0. The van der Waals surface area contributed by atoms with Gasteiger partial charge in [0.15, 0.2) is 0 Å². The molecule has 4 amide bonds. The summed E-state index contributed by atoms with van der Waals surface area (Å²) in [6, 6.07) is 28.6. The number of unbranched alkanes of at least 4 members (excludes halogenated alkanes) is 2. The van der Waals surface area contributed by atoms with Gasteiger partial charge >= 0.3 is 0 Å². The molecule has 4 heterocycles. The topological polar surface area (TPSA) is 129 Å². The van der Waals surface area contributed by atoms with Crippen molar-refractivity contribution in [1.82, 2.24) is 15.1 Å². The van der Waals surface area contributed by atoms with Crippen LogP contribution in [0.2, 0.25) is 0 Å². The van der Waals surface area contributed by atoms with Gasteiger partial charge in [0, 0.05) is 61.8 Å². The monoisotopic (exact) mass is 728 g/mol. The largest absolute Gasteiger partial charge is 0.508 e. The summed E-state index contributed by atoms with van der Waals surface area (Å²) in [5.74, 6) is 0.0657. The Hall–Kier alpha value is -5.68. The third kappa shape index (κ3) is 7.15. The predicted molar refractivity (Wildman–Crippen MR) is 202 cm³/mol. The van der Waals surface area contributed by atoms with Crippen LogP contribution in [0, 0.1) is 0 Å². The molecule has 278 valence electrons. The first-order valence-electron chi connectivity index (χ1n) is 18.9. The number of nitrogens with one attached hydrogen (secondary N) is 1. The number of piperazine rings is 1. The number of aromatic hydroxyl groups is 1. The van der Waals surface area contributed by atoms with Gasteiger partial charge in [0.25, 0.3) is 11.8 Å². The van der Waals surface area contributed by atoms with E-state index in [1.54, 1.807) is 24.3 Å². The number of carbonyl (C=O) groups excluding carboxylic acids is 4. The van der Waals surface area contributed by atoms with Crippen molar-refractivity contribution < 1.29 is 33.8 Å². The summed E-state index contributed by atoms with van der Waals surface area (Å²) in [5.41, 5.74) is 4.97. The zero-order valence-electron chi connectivity index (χ0n) is 30.1. The van der Waals surface area contributed by atoms with Crippen molar-refractivity contribution in [2.45, 2.75) is 50.0 Å². The minimum atomic E-state index is -0.964. The van der Waals surface area contributed by atoms with E-state index in [4.69, 9.17) is 9.47 Å². The summed E-state index contributed by atoms with van der Waals surface area (Å²) in [4.78, 5) is 56.0. The molecule has 4 aromatic carbocycles. The first-order valence-corrected chi connectivity index (χ1v) is 18.9. The normalized spacial score (nSPS) is 21.4. The summed E-state index contributed by atoms with van der Waals surface area (Å²) >= 11 is 0. The zero-order valence-corrected chi connectivity index (χ0v) is 30.1. The Morgan fingerprint density at radius 2 is 1.56 bits per heavy atom. The Balaban J connectivity index is 0.783. The van der Waals surface area contributed by atoms with Gasteiger partial charge in [-0.3, -0.25) is 34.3 Å². The van der Waals surface area contributed by atoms with Crippen LogP contribution >= 0.6 is 0 Å². The van der Waals surface area contributed by atoms with E-state index in [-0.39, 0.29) is 36.3 Å². The van der Waals surface area contributed by atoms with Crippen molar-refractivity contribution in [3.8, 4) is 17.2 Å². The number of nitrogens with zero attached hydrogens (tertiary/aromatic N) is 3. The van der Waals surface area contributed by atoms with Crippen LogP contribution in [-0.2, 0) is 9.59 Å². The fourth-order valence-corrected chi connectivity index (χ4v) is 8.26. The molecular weight excluding hydrogens is 684 g/mol. The standard InChI is InChI=1S/C43H44N4O7/c48-31-12-16-34-38(26-31)54-27-36(28-7-3-1-4-8-28)40(34)29-9-13-32(14-10-29)53-24-6-2-5-19-45-20-22-46(23-21-45)30-11-15-33-35(25-30)43(52)47(42(33)51)37-17-18-39(49)44-41(37)50/h1,3-4,7-16,25-26,36-37,40,48H,2,5-6,17-24,27H2,(H,44,49,50)/t36?,37?,40-/m1/s1. The van der Waals surface area contributed by atoms with Crippen LogP contribution in [0.25, 0.3) is 0 Å². The van der Waals surface area contributed by atoms with Gasteiger partial charge in [0.05, 0.1) is 24.3 Å². The number of fused-ring (bicyclic) bond motifs is 2. The van der Waals surface area contributed by atoms with Crippen molar-refractivity contribution in [2.75, 3.05) is 50.8 Å². The number of ether oxygens (including phenoxy) is 2. The van der Waals surface area contributed by atoms with E-state index < -0.39 is 23.8 Å². The number of benzene rings is 4. The summed E-state index contributed by atoms with van der Waals surface area (Å²) < 4.78 is 12.2. The highest BCUT2D eigenvalue weighted by Crippen LogP contribution is 2.47. The minimum Gasteiger partial charge on any atom is -0.508 e. The quantitative estimate of drug-likeness (QED) is 0.153. The molecule has 11 nitrogen and oxygen atoms in total. The summed E-state index contributed by atoms with van der Waals surface area (Å²) in [5, 5.41) is 12.3. The molecule has 54 heavy (non-hydrogen) atoms. The van der Waals surface area contributed by atoms with Crippen LogP contribution in [0.1, 0.15) is 81.3 Å². The van der Waals surface area contributed by atoms with Crippen LogP contribution in [0.4, 0.5) is 5.69 Å². The van der Waals surface area contributed by atoms with Crippen LogP contribution < -0.4 is 19.7 Å². The van der Waals surface area contributed by atoms with Gasteiger partial charge in [-0.15, -0.1) is 0 Å². The van der Waals surface area contributed by atoms with E-state index in [1.807, 2.05) is 18.2 Å². The van der Waals surface area contributed by atoms with Crippen molar-refractivity contribution in [3.05, 3.63) is 119 Å². The van der Waals surface area contributed by atoms with E-state index in [9.17, 15) is 24.3 Å². The first-order chi connectivity index (χ1) is 26.3. The number of carbonyl (C=O) groups is 4. The number of amides is 4. The van der Waals surface area contributed by atoms with E-state index in [0.717, 1.165) is 79.6 Å². The van der Waals surface area contributed by atoms with Gasteiger partial charge < -0.3 is 19.5 Å². The number of anilines is 1. The second-order valence-corrected chi connectivity index (χ2v) is 14.5. The third-order valence-corrected chi connectivity index (χ3v) is 11.2. The Kier molecular flexibility index (Phi) is 10.1. The number of imide groups is 2. The molecule has 2 fully saturated rings. The molecule has 2 N–H and O–H groups in total. The Labute approximate surface area is 314 Å². The molecule has 4 aliphatic heterocycles. The number of hydrogen-bond acceptors (Lipinski definition) is 9. The Bertz CT molecular complexity index is 2040. The van der Waals surface area contributed by atoms with Crippen LogP contribution in [-0.4, -0.2) is 90.5 Å². The van der Waals surface area contributed by atoms with E-state index in [0.29, 0.717) is 24.3 Å². The maximum atomic E-state index is 13.3. The Morgan fingerprint density at radius 3 is 2.33 bits per heavy atom. The van der Waals surface area contributed by atoms with Crippen molar-refractivity contribution in [3.63, 3.8) is 0 Å². The molecule has 11 heteroatoms. The molecule has 0 saturated carbocycles. The fraction of sp³-hybridized carbons (Fsp3) is 0.349. The highest BCUT2D eigenvalue weighted by molar-refractivity contribution is 6.23. The third-order valence-electron chi connectivity index (χ3n) is 11.2. The van der Waals surface area contributed by atoms with Crippen molar-refractivity contribution >= 4 is 29.3 Å². The second kappa shape index (κ2) is 15.4.